The quantitative estimate of drug-likeness (QED) is 0.632. The van der Waals surface area contributed by atoms with Gasteiger partial charge in [0.2, 0.25) is 0 Å². The fourth-order valence-corrected chi connectivity index (χ4v) is 1.59. The molecule has 0 rings (SSSR count). The summed E-state index contributed by atoms with van der Waals surface area (Å²) in [7, 11) is 0. The molecule has 1 atom stereocenters. The number of carboxylic acids is 2. The van der Waals surface area contributed by atoms with Crippen LogP contribution in [-0.4, -0.2) is 52.8 Å². The first-order chi connectivity index (χ1) is 10.4. The lowest BCUT2D eigenvalue weighted by atomic mass is 9.78. The van der Waals surface area contributed by atoms with E-state index in [0.717, 1.165) is 0 Å². The molecule has 142 valence electrons. The molecule has 2 N–H and O–H groups in total. The largest absolute Gasteiger partial charge is 0.481 e. The molecule has 0 aliphatic rings. The topological polar surface area (TPSA) is 74.6 Å². The highest BCUT2D eigenvalue weighted by molar-refractivity contribution is 5.77. The van der Waals surface area contributed by atoms with E-state index in [4.69, 9.17) is 10.2 Å². The Morgan fingerprint density at radius 3 is 1.42 bits per heavy atom. The van der Waals surface area contributed by atoms with Crippen LogP contribution in [0.5, 0.6) is 0 Å². The van der Waals surface area contributed by atoms with Crippen molar-refractivity contribution in [2.45, 2.75) is 36.8 Å². The van der Waals surface area contributed by atoms with Crippen LogP contribution in [0.25, 0.3) is 0 Å². The number of carboxylic acid groups (broad SMARTS) is 2. The zero-order chi connectivity index (χ0) is 19.8. The zero-order valence-corrected chi connectivity index (χ0v) is 11.1. The van der Waals surface area contributed by atoms with E-state index in [0.29, 0.717) is 0 Å². The SMILES string of the molecule is O=C(O)CC(F)(F)C(F)(F)CC(F)(F)C(CF)(C(=O)O)C(F)(F)F. The lowest BCUT2D eigenvalue weighted by Crippen LogP contribution is -2.62. The van der Waals surface area contributed by atoms with Gasteiger partial charge in [-0.25, -0.2) is 13.2 Å². The second-order valence-electron chi connectivity index (χ2n) is 4.70. The highest BCUT2D eigenvalue weighted by atomic mass is 19.4. The number of aliphatic carboxylic acids is 2. The summed E-state index contributed by atoms with van der Waals surface area (Å²) < 4.78 is 130. The van der Waals surface area contributed by atoms with Crippen molar-refractivity contribution in [3.8, 4) is 0 Å². The molecule has 0 spiro atoms. The van der Waals surface area contributed by atoms with E-state index >= 15 is 0 Å². The third-order valence-corrected chi connectivity index (χ3v) is 3.03. The van der Waals surface area contributed by atoms with Crippen molar-refractivity contribution in [2.75, 3.05) is 6.67 Å². The third kappa shape index (κ3) is 3.66. The molecule has 14 heteroatoms. The lowest BCUT2D eigenvalue weighted by Gasteiger charge is -2.38. The van der Waals surface area contributed by atoms with Crippen molar-refractivity contribution in [1.82, 2.24) is 0 Å². The molecular weight excluding hydrogens is 374 g/mol. The third-order valence-electron chi connectivity index (χ3n) is 3.03. The molecule has 0 aliphatic heterocycles. The van der Waals surface area contributed by atoms with Gasteiger partial charge in [0, 0.05) is 0 Å². The van der Waals surface area contributed by atoms with Gasteiger partial charge in [0.05, 0.1) is 6.42 Å². The predicted octanol–water partition coefficient (Wildman–Crippen LogP) is 3.36. The van der Waals surface area contributed by atoms with Gasteiger partial charge in [-0.05, 0) is 0 Å². The Morgan fingerprint density at radius 1 is 0.750 bits per heavy atom. The minimum Gasteiger partial charge on any atom is -0.481 e. The summed E-state index contributed by atoms with van der Waals surface area (Å²) in [6, 6.07) is 0. The second kappa shape index (κ2) is 6.27. The molecule has 0 saturated heterocycles. The molecule has 0 amide bonds. The van der Waals surface area contributed by atoms with Gasteiger partial charge in [-0.15, -0.1) is 0 Å². The molecule has 0 radical (unpaired) electrons. The monoisotopic (exact) mass is 382 g/mol. The van der Waals surface area contributed by atoms with Crippen molar-refractivity contribution in [2.24, 2.45) is 5.41 Å². The molecule has 24 heavy (non-hydrogen) atoms. The number of carbonyl (C=O) groups is 2. The molecule has 0 aromatic carbocycles. The van der Waals surface area contributed by atoms with Crippen molar-refractivity contribution < 1.29 is 63.7 Å². The summed E-state index contributed by atoms with van der Waals surface area (Å²) in [6.07, 6.45) is -13.1. The molecule has 4 nitrogen and oxygen atoms in total. The van der Waals surface area contributed by atoms with Crippen molar-refractivity contribution in [3.05, 3.63) is 0 Å². The molecule has 0 aromatic heterocycles. The zero-order valence-electron chi connectivity index (χ0n) is 11.1. The Kier molecular flexibility index (Phi) is 5.81. The van der Waals surface area contributed by atoms with Gasteiger partial charge < -0.3 is 10.2 Å². The van der Waals surface area contributed by atoms with E-state index in [1.807, 2.05) is 0 Å². The Labute approximate surface area is 126 Å². The Bertz CT molecular complexity index is 500. The average Bonchev–Trinajstić information content (AvgIpc) is 2.22. The summed E-state index contributed by atoms with van der Waals surface area (Å²) >= 11 is 0. The Balaban J connectivity index is 6.05. The number of hydrogen-bond acceptors (Lipinski definition) is 2. The van der Waals surface area contributed by atoms with E-state index in [9.17, 15) is 53.5 Å². The first kappa shape index (κ1) is 22.2. The maximum atomic E-state index is 13.6. The van der Waals surface area contributed by atoms with Crippen LogP contribution in [-0.2, 0) is 9.59 Å². The van der Waals surface area contributed by atoms with Gasteiger partial charge in [-0.3, -0.25) is 9.59 Å². The minimum atomic E-state index is -6.62. The second-order valence-corrected chi connectivity index (χ2v) is 4.70. The van der Waals surface area contributed by atoms with E-state index in [-0.39, 0.29) is 0 Å². The summed E-state index contributed by atoms with van der Waals surface area (Å²) in [5, 5.41) is 16.3. The number of halogens is 10. The van der Waals surface area contributed by atoms with Crippen molar-refractivity contribution >= 4 is 11.9 Å². The molecule has 0 aliphatic carbocycles. The molecule has 1 unspecified atom stereocenters. The van der Waals surface area contributed by atoms with Gasteiger partial charge in [-0.2, -0.15) is 30.7 Å². The summed E-state index contributed by atoms with van der Waals surface area (Å²) in [4.78, 5) is 20.5. The lowest BCUT2D eigenvalue weighted by molar-refractivity contribution is -0.321. The highest BCUT2D eigenvalue weighted by Crippen LogP contribution is 2.55. The number of hydrogen-bond donors (Lipinski definition) is 2. The summed E-state index contributed by atoms with van der Waals surface area (Å²) in [6.45, 7) is -3.42. The highest BCUT2D eigenvalue weighted by Gasteiger charge is 2.78. The van der Waals surface area contributed by atoms with Crippen LogP contribution in [0.15, 0.2) is 0 Å². The number of alkyl halides is 10. The fourth-order valence-electron chi connectivity index (χ4n) is 1.59. The Hall–Kier alpha value is -1.76. The number of rotatable bonds is 8. The first-order valence-electron chi connectivity index (χ1n) is 5.59. The van der Waals surface area contributed by atoms with Crippen LogP contribution in [0.2, 0.25) is 0 Å². The van der Waals surface area contributed by atoms with Crippen LogP contribution in [0.1, 0.15) is 12.8 Å². The van der Waals surface area contributed by atoms with Crippen LogP contribution in [0.4, 0.5) is 43.9 Å². The Morgan fingerprint density at radius 2 is 1.17 bits per heavy atom. The molecule has 0 fully saturated rings. The normalized spacial score (nSPS) is 16.6. The van der Waals surface area contributed by atoms with Gasteiger partial charge in [0.15, 0.2) is 0 Å². The van der Waals surface area contributed by atoms with E-state index < -0.39 is 60.8 Å². The van der Waals surface area contributed by atoms with Crippen molar-refractivity contribution in [3.63, 3.8) is 0 Å². The molecule has 0 saturated carbocycles. The van der Waals surface area contributed by atoms with E-state index in [2.05, 4.69) is 0 Å². The molecule has 0 aromatic rings. The standard InChI is InChI=1S/C10H8F10O4/c11-3-6(5(23)24,10(18,19)20)8(14,15)2-9(16,17)7(12,13)1-4(21)22/h1-3H2,(H,21,22)(H,23,24). The summed E-state index contributed by atoms with van der Waals surface area (Å²) in [5.41, 5.74) is -5.71. The van der Waals surface area contributed by atoms with Crippen LogP contribution >= 0.6 is 0 Å². The van der Waals surface area contributed by atoms with Crippen molar-refractivity contribution in [1.29, 1.82) is 0 Å². The maximum absolute atomic E-state index is 13.6. The average molecular weight is 382 g/mol. The van der Waals surface area contributed by atoms with Crippen LogP contribution < -0.4 is 0 Å². The van der Waals surface area contributed by atoms with Crippen LogP contribution in [0.3, 0.4) is 0 Å². The van der Waals surface area contributed by atoms with Gasteiger partial charge in [0.25, 0.3) is 11.3 Å². The maximum Gasteiger partial charge on any atom is 0.413 e. The molecular formula is C10H8F10O4. The van der Waals surface area contributed by atoms with E-state index in [1.165, 1.54) is 0 Å². The van der Waals surface area contributed by atoms with Gasteiger partial charge in [-0.1, -0.05) is 0 Å². The van der Waals surface area contributed by atoms with Gasteiger partial charge in [0.1, 0.15) is 13.1 Å². The van der Waals surface area contributed by atoms with Gasteiger partial charge >= 0.3 is 30.0 Å². The summed E-state index contributed by atoms with van der Waals surface area (Å²) in [5.74, 6) is -24.2. The van der Waals surface area contributed by atoms with E-state index in [1.54, 1.807) is 0 Å². The molecule has 0 bridgehead atoms. The predicted molar refractivity (Wildman–Crippen MR) is 53.8 cm³/mol. The minimum absolute atomic E-state index is 2.59. The first-order valence-corrected chi connectivity index (χ1v) is 5.59. The smallest absolute Gasteiger partial charge is 0.413 e. The fraction of sp³-hybridized carbons (Fsp3) is 0.800. The molecule has 0 heterocycles. The van der Waals surface area contributed by atoms with Crippen LogP contribution in [0, 0.1) is 5.41 Å².